The van der Waals surface area contributed by atoms with Crippen molar-refractivity contribution in [3.05, 3.63) is 0 Å². The highest BCUT2D eigenvalue weighted by Gasteiger charge is 2.42. The first kappa shape index (κ1) is 11.8. The number of hydrogen-bond donors (Lipinski definition) is 1. The number of hydrogen-bond acceptors (Lipinski definition) is 2. The van der Waals surface area contributed by atoms with Crippen LogP contribution in [0.15, 0.2) is 0 Å². The molecule has 0 aromatic carbocycles. The Balaban J connectivity index is 4.47. The Labute approximate surface area is 73.5 Å². The molecule has 0 rings (SSSR count). The van der Waals surface area contributed by atoms with Gasteiger partial charge in [-0.1, -0.05) is 6.92 Å². The minimum Gasteiger partial charge on any atom is -0.330 e. The van der Waals surface area contributed by atoms with E-state index in [9.17, 15) is 18.0 Å². The Morgan fingerprint density at radius 2 is 2.00 bits per heavy atom. The summed E-state index contributed by atoms with van der Waals surface area (Å²) in [6, 6.07) is 1.60. The number of rotatable bonds is 2. The largest absolute Gasteiger partial charge is 0.471 e. The molecule has 6 heteroatoms. The lowest BCUT2D eigenvalue weighted by Crippen LogP contribution is -2.49. The molecule has 0 saturated heterocycles. The predicted molar refractivity (Wildman–Crippen MR) is 38.5 cm³/mol. The van der Waals surface area contributed by atoms with Crippen molar-refractivity contribution in [2.45, 2.75) is 32.0 Å². The quantitative estimate of drug-likeness (QED) is 0.721. The summed E-state index contributed by atoms with van der Waals surface area (Å²) < 4.78 is 35.2. The van der Waals surface area contributed by atoms with Crippen LogP contribution in [-0.2, 0) is 4.79 Å². The van der Waals surface area contributed by atoms with Crippen molar-refractivity contribution in [1.29, 1.82) is 5.26 Å². The average molecular weight is 194 g/mol. The van der Waals surface area contributed by atoms with Crippen molar-refractivity contribution in [3.63, 3.8) is 0 Å². The van der Waals surface area contributed by atoms with Crippen molar-refractivity contribution in [1.82, 2.24) is 5.32 Å². The van der Waals surface area contributed by atoms with Gasteiger partial charge in [-0.25, -0.2) is 0 Å². The highest BCUT2D eigenvalue weighted by Crippen LogP contribution is 2.17. The number of carbonyl (C=O) groups excluding carboxylic acids is 1. The van der Waals surface area contributed by atoms with Crippen molar-refractivity contribution >= 4 is 5.91 Å². The van der Waals surface area contributed by atoms with E-state index in [-0.39, 0.29) is 6.42 Å². The van der Waals surface area contributed by atoms with Crippen LogP contribution in [-0.4, -0.2) is 17.6 Å². The molecular formula is C7H9F3N2O. The highest BCUT2D eigenvalue weighted by atomic mass is 19.4. The van der Waals surface area contributed by atoms with Crippen LogP contribution in [0, 0.1) is 11.3 Å². The molecule has 0 radical (unpaired) electrons. The van der Waals surface area contributed by atoms with Gasteiger partial charge in [0.05, 0.1) is 6.07 Å². The first-order chi connectivity index (χ1) is 5.75. The van der Waals surface area contributed by atoms with Crippen LogP contribution in [0.2, 0.25) is 0 Å². The summed E-state index contributed by atoms with van der Waals surface area (Å²) in [6.07, 6.45) is -4.82. The normalized spacial score (nSPS) is 15.7. The second-order valence-electron chi connectivity index (χ2n) is 2.75. The van der Waals surface area contributed by atoms with Crippen molar-refractivity contribution < 1.29 is 18.0 Å². The van der Waals surface area contributed by atoms with Crippen molar-refractivity contribution in [2.75, 3.05) is 0 Å². The summed E-state index contributed by atoms with van der Waals surface area (Å²) in [5, 5.41) is 10.1. The van der Waals surface area contributed by atoms with Gasteiger partial charge in [0, 0.05) is 0 Å². The lowest BCUT2D eigenvalue weighted by Gasteiger charge is -2.21. The van der Waals surface area contributed by atoms with E-state index in [0.29, 0.717) is 0 Å². The summed E-state index contributed by atoms with van der Waals surface area (Å²) in [5.41, 5.74) is -1.45. The van der Waals surface area contributed by atoms with Crippen LogP contribution in [0.25, 0.3) is 0 Å². The number of nitrogens with one attached hydrogen (secondary N) is 1. The third-order valence-electron chi connectivity index (χ3n) is 1.60. The van der Waals surface area contributed by atoms with Crippen molar-refractivity contribution in [2.24, 2.45) is 0 Å². The number of alkyl halides is 3. The SMILES string of the molecule is CCC(C)(C#N)NC(=O)C(F)(F)F. The Bertz CT molecular complexity index is 243. The minimum absolute atomic E-state index is 0.116. The van der Waals surface area contributed by atoms with Crippen LogP contribution < -0.4 is 5.32 Å². The standard InChI is InChI=1S/C7H9F3N2O/c1-3-6(2,4-11)12-5(13)7(8,9)10/h3H2,1-2H3,(H,12,13). The molecule has 1 N–H and O–H groups in total. The molecule has 0 aliphatic heterocycles. The van der Waals surface area contributed by atoms with Gasteiger partial charge < -0.3 is 5.32 Å². The van der Waals surface area contributed by atoms with E-state index in [4.69, 9.17) is 5.26 Å². The Morgan fingerprint density at radius 3 is 2.23 bits per heavy atom. The van der Waals surface area contributed by atoms with Crippen molar-refractivity contribution in [3.8, 4) is 6.07 Å². The fraction of sp³-hybridized carbons (Fsp3) is 0.714. The zero-order valence-electron chi connectivity index (χ0n) is 7.20. The molecule has 0 spiro atoms. The van der Waals surface area contributed by atoms with E-state index in [0.717, 1.165) is 0 Å². The maximum absolute atomic E-state index is 11.7. The monoisotopic (exact) mass is 194 g/mol. The fourth-order valence-electron chi connectivity index (χ4n) is 0.517. The van der Waals surface area contributed by atoms with Gasteiger partial charge in [-0.15, -0.1) is 0 Å². The fourth-order valence-corrected chi connectivity index (χ4v) is 0.517. The third-order valence-corrected chi connectivity index (χ3v) is 1.60. The Morgan fingerprint density at radius 1 is 1.54 bits per heavy atom. The average Bonchev–Trinajstić information content (AvgIpc) is 2.02. The summed E-state index contributed by atoms with van der Waals surface area (Å²) in [7, 11) is 0. The molecule has 0 fully saturated rings. The van der Waals surface area contributed by atoms with E-state index in [1.165, 1.54) is 13.8 Å². The van der Waals surface area contributed by atoms with E-state index in [2.05, 4.69) is 0 Å². The molecule has 0 aromatic heterocycles. The number of nitriles is 1. The highest BCUT2D eigenvalue weighted by molar-refractivity contribution is 5.82. The first-order valence-corrected chi connectivity index (χ1v) is 3.56. The number of halogens is 3. The van der Waals surface area contributed by atoms with Gasteiger partial charge in [-0.3, -0.25) is 4.79 Å². The molecule has 3 nitrogen and oxygen atoms in total. The summed E-state index contributed by atoms with van der Waals surface area (Å²) >= 11 is 0. The zero-order valence-corrected chi connectivity index (χ0v) is 7.20. The van der Waals surface area contributed by atoms with Gasteiger partial charge in [0.1, 0.15) is 5.54 Å². The number of carbonyl (C=O) groups is 1. The maximum atomic E-state index is 11.7. The lowest BCUT2D eigenvalue weighted by atomic mass is 10.0. The first-order valence-electron chi connectivity index (χ1n) is 3.56. The minimum atomic E-state index is -4.94. The van der Waals surface area contributed by atoms with E-state index < -0.39 is 17.6 Å². The number of amides is 1. The molecule has 1 unspecified atom stereocenters. The topological polar surface area (TPSA) is 52.9 Å². The third kappa shape index (κ3) is 3.32. The lowest BCUT2D eigenvalue weighted by molar-refractivity contribution is -0.175. The van der Waals surface area contributed by atoms with E-state index in [1.807, 2.05) is 0 Å². The van der Waals surface area contributed by atoms with Gasteiger partial charge in [0.15, 0.2) is 0 Å². The van der Waals surface area contributed by atoms with Gasteiger partial charge in [0.2, 0.25) is 0 Å². The molecule has 0 aliphatic carbocycles. The molecule has 0 bridgehead atoms. The van der Waals surface area contributed by atoms with Crippen LogP contribution in [0.5, 0.6) is 0 Å². The molecule has 0 saturated carbocycles. The Kier molecular flexibility index (Phi) is 3.29. The summed E-state index contributed by atoms with van der Waals surface area (Å²) in [6.45, 7) is 2.75. The van der Waals surface area contributed by atoms with E-state index in [1.54, 1.807) is 11.4 Å². The van der Waals surface area contributed by atoms with Crippen LogP contribution in [0.1, 0.15) is 20.3 Å². The van der Waals surface area contributed by atoms with Crippen LogP contribution >= 0.6 is 0 Å². The van der Waals surface area contributed by atoms with E-state index >= 15 is 0 Å². The number of nitrogens with zero attached hydrogens (tertiary/aromatic N) is 1. The smallest absolute Gasteiger partial charge is 0.330 e. The summed E-state index contributed by atoms with van der Waals surface area (Å²) in [5.74, 6) is -2.08. The Hall–Kier alpha value is -1.25. The molecule has 0 heterocycles. The molecule has 1 amide bonds. The second kappa shape index (κ2) is 3.64. The van der Waals surface area contributed by atoms with Gasteiger partial charge in [0.25, 0.3) is 0 Å². The van der Waals surface area contributed by atoms with Crippen LogP contribution in [0.3, 0.4) is 0 Å². The molecule has 0 aliphatic rings. The second-order valence-corrected chi connectivity index (χ2v) is 2.75. The van der Waals surface area contributed by atoms with Crippen LogP contribution in [0.4, 0.5) is 13.2 Å². The molecular weight excluding hydrogens is 185 g/mol. The zero-order chi connectivity index (χ0) is 10.7. The predicted octanol–water partition coefficient (Wildman–Crippen LogP) is 1.36. The maximum Gasteiger partial charge on any atom is 0.471 e. The van der Waals surface area contributed by atoms with Gasteiger partial charge >= 0.3 is 12.1 Å². The van der Waals surface area contributed by atoms with Gasteiger partial charge in [-0.05, 0) is 13.3 Å². The molecule has 1 atom stereocenters. The van der Waals surface area contributed by atoms with Gasteiger partial charge in [-0.2, -0.15) is 18.4 Å². The molecule has 74 valence electrons. The summed E-state index contributed by atoms with van der Waals surface area (Å²) in [4.78, 5) is 10.4. The molecule has 13 heavy (non-hydrogen) atoms. The molecule has 0 aromatic rings.